The lowest BCUT2D eigenvalue weighted by atomic mass is 10.1. The fourth-order valence-corrected chi connectivity index (χ4v) is 2.33. The first-order valence-electron chi connectivity index (χ1n) is 7.97. The normalized spacial score (nSPS) is 11.7. The molecule has 2 N–H and O–H groups in total. The number of carbonyl (C=O) groups excluding carboxylic acids is 1. The summed E-state index contributed by atoms with van der Waals surface area (Å²) in [6.07, 6.45) is 1.68. The third kappa shape index (κ3) is 5.22. The van der Waals surface area contributed by atoms with Crippen molar-refractivity contribution in [1.82, 2.24) is 20.6 Å². The second-order valence-corrected chi connectivity index (χ2v) is 5.86. The summed E-state index contributed by atoms with van der Waals surface area (Å²) in [6, 6.07) is 7.44. The lowest BCUT2D eigenvalue weighted by molar-refractivity contribution is 0.225. The van der Waals surface area contributed by atoms with Crippen LogP contribution in [0.3, 0.4) is 0 Å². The summed E-state index contributed by atoms with van der Waals surface area (Å²) in [4.78, 5) is 20.2. The zero-order chi connectivity index (χ0) is 17.5. The van der Waals surface area contributed by atoms with E-state index < -0.39 is 0 Å². The lowest BCUT2D eigenvalue weighted by Crippen LogP contribution is -2.43. The maximum atomic E-state index is 11.9. The molecule has 1 atom stereocenters. The number of rotatable bonds is 6. The molecule has 2 amide bonds. The van der Waals surface area contributed by atoms with E-state index in [1.165, 1.54) is 0 Å². The molecule has 2 rings (SSSR count). The molecule has 6 heteroatoms. The van der Waals surface area contributed by atoms with E-state index in [9.17, 15) is 4.79 Å². The molecule has 0 aliphatic carbocycles. The van der Waals surface area contributed by atoms with Crippen molar-refractivity contribution < 1.29 is 9.53 Å². The predicted octanol–water partition coefficient (Wildman–Crippen LogP) is 2.67. The van der Waals surface area contributed by atoms with Crippen LogP contribution in [-0.4, -0.2) is 28.6 Å². The quantitative estimate of drug-likeness (QED) is 0.855. The van der Waals surface area contributed by atoms with Crippen LogP contribution in [0.4, 0.5) is 4.79 Å². The molecule has 24 heavy (non-hydrogen) atoms. The van der Waals surface area contributed by atoms with Crippen LogP contribution >= 0.6 is 0 Å². The van der Waals surface area contributed by atoms with E-state index in [1.54, 1.807) is 12.3 Å². The van der Waals surface area contributed by atoms with Crippen molar-refractivity contribution in [2.45, 2.75) is 40.3 Å². The largest absolute Gasteiger partial charge is 0.491 e. The number of benzene rings is 1. The van der Waals surface area contributed by atoms with Gasteiger partial charge < -0.3 is 15.4 Å². The van der Waals surface area contributed by atoms with Crippen LogP contribution in [0.2, 0.25) is 0 Å². The molecule has 128 valence electrons. The highest BCUT2D eigenvalue weighted by Gasteiger charge is 2.10. The number of ether oxygens (including phenoxy) is 1. The predicted molar refractivity (Wildman–Crippen MR) is 93.0 cm³/mol. The van der Waals surface area contributed by atoms with Gasteiger partial charge >= 0.3 is 6.03 Å². The second kappa shape index (κ2) is 8.29. The Hall–Kier alpha value is -2.63. The number of nitrogens with one attached hydrogen (secondary N) is 2. The summed E-state index contributed by atoms with van der Waals surface area (Å²) in [5, 5.41) is 5.64. The number of aromatic nitrogens is 2. The van der Waals surface area contributed by atoms with Crippen LogP contribution in [0.1, 0.15) is 29.6 Å². The van der Waals surface area contributed by atoms with E-state index in [-0.39, 0.29) is 12.1 Å². The molecule has 0 fully saturated rings. The van der Waals surface area contributed by atoms with Gasteiger partial charge in [-0.05, 0) is 44.9 Å². The third-order valence-corrected chi connectivity index (χ3v) is 3.53. The molecule has 0 saturated carbocycles. The smallest absolute Gasteiger partial charge is 0.315 e. The Morgan fingerprint density at radius 3 is 2.58 bits per heavy atom. The van der Waals surface area contributed by atoms with Gasteiger partial charge in [-0.15, -0.1) is 0 Å². The van der Waals surface area contributed by atoms with Crippen LogP contribution in [-0.2, 0) is 6.54 Å². The monoisotopic (exact) mass is 328 g/mol. The third-order valence-electron chi connectivity index (χ3n) is 3.53. The Morgan fingerprint density at radius 2 is 1.92 bits per heavy atom. The molecule has 1 aromatic heterocycles. The minimum Gasteiger partial charge on any atom is -0.491 e. The summed E-state index contributed by atoms with van der Waals surface area (Å²) >= 11 is 0. The molecular weight excluding hydrogens is 304 g/mol. The van der Waals surface area contributed by atoms with Crippen LogP contribution in [0, 0.1) is 20.8 Å². The highest BCUT2D eigenvalue weighted by Crippen LogP contribution is 2.22. The number of hydrogen-bond donors (Lipinski definition) is 2. The van der Waals surface area contributed by atoms with Gasteiger partial charge in [-0.25, -0.2) is 14.8 Å². The number of para-hydroxylation sites is 1. The van der Waals surface area contributed by atoms with E-state index >= 15 is 0 Å². The summed E-state index contributed by atoms with van der Waals surface area (Å²) in [7, 11) is 0. The molecule has 0 aliphatic heterocycles. The number of amides is 2. The highest BCUT2D eigenvalue weighted by molar-refractivity contribution is 5.74. The summed E-state index contributed by atoms with van der Waals surface area (Å²) in [5.74, 6) is 1.56. The van der Waals surface area contributed by atoms with E-state index in [1.807, 2.05) is 45.9 Å². The maximum absolute atomic E-state index is 11.9. The summed E-state index contributed by atoms with van der Waals surface area (Å²) < 4.78 is 5.85. The van der Waals surface area contributed by atoms with Gasteiger partial charge in [-0.3, -0.25) is 0 Å². The van der Waals surface area contributed by atoms with Crippen molar-refractivity contribution in [3.63, 3.8) is 0 Å². The number of hydrogen-bond acceptors (Lipinski definition) is 4. The van der Waals surface area contributed by atoms with Crippen molar-refractivity contribution in [3.05, 3.63) is 53.1 Å². The molecule has 0 bridgehead atoms. The molecule has 2 aromatic rings. The van der Waals surface area contributed by atoms with Crippen LogP contribution in [0.25, 0.3) is 0 Å². The molecule has 1 heterocycles. The van der Waals surface area contributed by atoms with Gasteiger partial charge in [0.1, 0.15) is 18.2 Å². The fraction of sp³-hybridized carbons (Fsp3) is 0.389. The first-order valence-corrected chi connectivity index (χ1v) is 7.97. The number of carbonyl (C=O) groups is 1. The van der Waals surface area contributed by atoms with Crippen molar-refractivity contribution in [1.29, 1.82) is 0 Å². The molecular formula is C18H24N4O2. The Labute approximate surface area is 142 Å². The maximum Gasteiger partial charge on any atom is 0.315 e. The number of aryl methyl sites for hydroxylation is 3. The van der Waals surface area contributed by atoms with Gasteiger partial charge in [0.15, 0.2) is 0 Å². The molecule has 1 unspecified atom stereocenters. The molecule has 0 radical (unpaired) electrons. The van der Waals surface area contributed by atoms with E-state index in [2.05, 4.69) is 20.6 Å². The summed E-state index contributed by atoms with van der Waals surface area (Å²) in [6.45, 7) is 8.51. The fourth-order valence-electron chi connectivity index (χ4n) is 2.33. The van der Waals surface area contributed by atoms with Crippen LogP contribution in [0.15, 0.2) is 30.5 Å². The first kappa shape index (κ1) is 17.7. The van der Waals surface area contributed by atoms with Crippen molar-refractivity contribution in [3.8, 4) is 5.75 Å². The number of urea groups is 1. The van der Waals surface area contributed by atoms with Gasteiger partial charge in [0, 0.05) is 6.20 Å². The van der Waals surface area contributed by atoms with Gasteiger partial charge in [0.05, 0.1) is 18.3 Å². The number of nitrogens with zero attached hydrogens (tertiary/aromatic N) is 2. The van der Waals surface area contributed by atoms with Crippen LogP contribution in [0.5, 0.6) is 5.75 Å². The van der Waals surface area contributed by atoms with E-state index in [0.717, 1.165) is 22.6 Å². The Morgan fingerprint density at radius 1 is 1.21 bits per heavy atom. The standard InChI is InChI=1S/C18H24N4O2/c1-12-6-5-7-13(2)17(12)24-11-14(3)21-18(23)20-10-16-8-9-19-15(4)22-16/h5-9,14H,10-11H2,1-4H3,(H2,20,21,23). The van der Waals surface area contributed by atoms with Gasteiger partial charge in [-0.1, -0.05) is 18.2 Å². The van der Waals surface area contributed by atoms with Crippen molar-refractivity contribution >= 4 is 6.03 Å². The first-order chi connectivity index (χ1) is 11.5. The Kier molecular flexibility index (Phi) is 6.12. The minimum absolute atomic E-state index is 0.115. The molecule has 6 nitrogen and oxygen atoms in total. The van der Waals surface area contributed by atoms with E-state index in [0.29, 0.717) is 19.0 Å². The Bertz CT molecular complexity index is 683. The van der Waals surface area contributed by atoms with Crippen LogP contribution < -0.4 is 15.4 Å². The average molecular weight is 328 g/mol. The average Bonchev–Trinajstić information content (AvgIpc) is 2.52. The lowest BCUT2D eigenvalue weighted by Gasteiger charge is -2.17. The van der Waals surface area contributed by atoms with Gasteiger partial charge in [0.2, 0.25) is 0 Å². The zero-order valence-corrected chi connectivity index (χ0v) is 14.6. The minimum atomic E-state index is -0.246. The van der Waals surface area contributed by atoms with Crippen molar-refractivity contribution in [2.75, 3.05) is 6.61 Å². The van der Waals surface area contributed by atoms with Gasteiger partial charge in [-0.2, -0.15) is 0 Å². The second-order valence-electron chi connectivity index (χ2n) is 5.86. The topological polar surface area (TPSA) is 76.1 Å². The molecule has 0 saturated heterocycles. The molecule has 0 aliphatic rings. The van der Waals surface area contributed by atoms with Crippen molar-refractivity contribution in [2.24, 2.45) is 0 Å². The highest BCUT2D eigenvalue weighted by atomic mass is 16.5. The van der Waals surface area contributed by atoms with E-state index in [4.69, 9.17) is 4.74 Å². The molecule has 0 spiro atoms. The molecule has 1 aromatic carbocycles. The Balaban J connectivity index is 1.77. The summed E-state index contributed by atoms with van der Waals surface area (Å²) in [5.41, 5.74) is 2.95. The zero-order valence-electron chi connectivity index (χ0n) is 14.6. The SMILES string of the molecule is Cc1nccc(CNC(=O)NC(C)COc2c(C)cccc2C)n1. The van der Waals surface area contributed by atoms with Gasteiger partial charge in [0.25, 0.3) is 0 Å².